The van der Waals surface area contributed by atoms with Crippen molar-refractivity contribution in [3.05, 3.63) is 36.2 Å². The fourth-order valence-electron chi connectivity index (χ4n) is 2.27. The predicted octanol–water partition coefficient (Wildman–Crippen LogP) is 2.80. The molecule has 0 saturated heterocycles. The van der Waals surface area contributed by atoms with Crippen LogP contribution in [-0.4, -0.2) is 29.4 Å². The van der Waals surface area contributed by atoms with Gasteiger partial charge in [0.1, 0.15) is 0 Å². The molecule has 2 rings (SSSR count). The number of rotatable bonds is 6. The van der Waals surface area contributed by atoms with Gasteiger partial charge in [-0.1, -0.05) is 6.07 Å². The van der Waals surface area contributed by atoms with Crippen LogP contribution >= 0.6 is 0 Å². The van der Waals surface area contributed by atoms with Gasteiger partial charge in [0.2, 0.25) is 0 Å². The van der Waals surface area contributed by atoms with Gasteiger partial charge < -0.3 is 10.1 Å². The lowest BCUT2D eigenvalue weighted by Crippen LogP contribution is -2.25. The topological polar surface area (TPSA) is 38.6 Å². The van der Waals surface area contributed by atoms with E-state index < -0.39 is 0 Å². The molecule has 0 aliphatic heterocycles. The molecule has 0 aliphatic carbocycles. The average Bonchev–Trinajstić information content (AvgIpc) is 2.84. The lowest BCUT2D eigenvalue weighted by Gasteiger charge is -2.25. The third kappa shape index (κ3) is 3.14. The molecule has 1 N–H and O–H groups in total. The molecule has 0 bridgehead atoms. The molecule has 0 aromatic carbocycles. The molecule has 19 heavy (non-hydrogen) atoms. The number of hydrogen-bond donors (Lipinski definition) is 1. The quantitative estimate of drug-likeness (QED) is 0.869. The molecule has 1 atom stereocenters. The zero-order valence-corrected chi connectivity index (χ0v) is 12.2. The number of aromatic nitrogens is 2. The Balaban J connectivity index is 2.18. The molecular weight excluding hydrogens is 238 g/mol. The summed E-state index contributed by atoms with van der Waals surface area (Å²) in [7, 11) is 3.76. The molecule has 2 aromatic heterocycles. The van der Waals surface area contributed by atoms with E-state index in [2.05, 4.69) is 30.3 Å². The fourth-order valence-corrected chi connectivity index (χ4v) is 2.27. The number of ether oxygens (including phenoxy) is 1. The van der Waals surface area contributed by atoms with Crippen molar-refractivity contribution in [3.63, 3.8) is 0 Å². The van der Waals surface area contributed by atoms with E-state index in [1.54, 1.807) is 7.11 Å². The summed E-state index contributed by atoms with van der Waals surface area (Å²) >= 11 is 0. The number of nitrogens with zero attached hydrogens (tertiary/aromatic N) is 2. The second-order valence-electron chi connectivity index (χ2n) is 5.47. The van der Waals surface area contributed by atoms with Gasteiger partial charge in [-0.15, -0.1) is 0 Å². The molecule has 2 heterocycles. The molecule has 0 fully saturated rings. The summed E-state index contributed by atoms with van der Waals surface area (Å²) < 4.78 is 7.41. The van der Waals surface area contributed by atoms with Crippen LogP contribution in [0.3, 0.4) is 0 Å². The predicted molar refractivity (Wildman–Crippen MR) is 77.3 cm³/mol. The molecule has 4 nitrogen and oxygen atoms in total. The molecule has 1 unspecified atom stereocenters. The Labute approximate surface area is 114 Å². The van der Waals surface area contributed by atoms with Crippen LogP contribution in [0, 0.1) is 0 Å². The second-order valence-corrected chi connectivity index (χ2v) is 5.47. The molecule has 104 valence electrons. The Morgan fingerprint density at radius 1 is 1.42 bits per heavy atom. The van der Waals surface area contributed by atoms with Gasteiger partial charge in [-0.2, -0.15) is 5.10 Å². The van der Waals surface area contributed by atoms with Gasteiger partial charge in [0.15, 0.2) is 0 Å². The van der Waals surface area contributed by atoms with Crippen molar-refractivity contribution in [2.75, 3.05) is 14.2 Å². The van der Waals surface area contributed by atoms with Gasteiger partial charge in [-0.05, 0) is 45.9 Å². The van der Waals surface area contributed by atoms with Gasteiger partial charge in [0.05, 0.1) is 17.3 Å². The summed E-state index contributed by atoms with van der Waals surface area (Å²) in [6, 6.07) is 6.45. The average molecular weight is 261 g/mol. The first-order valence-electron chi connectivity index (χ1n) is 6.72. The van der Waals surface area contributed by atoms with Gasteiger partial charge >= 0.3 is 0 Å². The summed E-state index contributed by atoms with van der Waals surface area (Å²) in [5.41, 5.74) is 2.32. The molecule has 0 radical (unpaired) electrons. The van der Waals surface area contributed by atoms with E-state index in [9.17, 15) is 0 Å². The summed E-state index contributed by atoms with van der Waals surface area (Å²) in [6.45, 7) is 4.24. The molecular formula is C15H23N3O. The highest BCUT2D eigenvalue weighted by atomic mass is 16.5. The van der Waals surface area contributed by atoms with E-state index in [4.69, 9.17) is 4.74 Å². The minimum absolute atomic E-state index is 0.0853. The largest absolute Gasteiger partial charge is 0.379 e. The van der Waals surface area contributed by atoms with Gasteiger partial charge in [0, 0.05) is 24.9 Å². The van der Waals surface area contributed by atoms with Crippen LogP contribution in [0.1, 0.15) is 38.3 Å². The maximum atomic E-state index is 5.49. The third-order valence-corrected chi connectivity index (χ3v) is 3.77. The maximum absolute atomic E-state index is 5.49. The van der Waals surface area contributed by atoms with Crippen molar-refractivity contribution >= 4 is 5.52 Å². The second kappa shape index (κ2) is 5.72. The molecule has 0 spiro atoms. The Kier molecular flexibility index (Phi) is 4.22. The Morgan fingerprint density at radius 2 is 2.21 bits per heavy atom. The zero-order valence-electron chi connectivity index (χ0n) is 12.2. The standard InChI is InChI=1S/C15H23N3O/c1-15(2,19-4)9-8-13(16-3)12-11-17-18-10-6-5-7-14(12)18/h5-7,10-11,13,16H,8-9H2,1-4H3. The monoisotopic (exact) mass is 261 g/mol. The number of methoxy groups -OCH3 is 1. The summed E-state index contributed by atoms with van der Waals surface area (Å²) in [5, 5.41) is 7.78. The van der Waals surface area contributed by atoms with Crippen LogP contribution in [-0.2, 0) is 4.74 Å². The first-order chi connectivity index (χ1) is 9.07. The summed E-state index contributed by atoms with van der Waals surface area (Å²) in [6.07, 6.45) is 5.95. The number of pyridine rings is 1. The molecule has 0 aliphatic rings. The van der Waals surface area contributed by atoms with Crippen molar-refractivity contribution in [1.29, 1.82) is 0 Å². The summed E-state index contributed by atoms with van der Waals surface area (Å²) in [4.78, 5) is 0. The molecule has 2 aromatic rings. The van der Waals surface area contributed by atoms with Crippen LogP contribution in [0.4, 0.5) is 0 Å². The van der Waals surface area contributed by atoms with E-state index in [1.807, 2.05) is 36.1 Å². The Bertz CT molecular complexity index is 533. The van der Waals surface area contributed by atoms with Crippen LogP contribution in [0.5, 0.6) is 0 Å². The Hall–Kier alpha value is -1.39. The molecule has 4 heteroatoms. The van der Waals surface area contributed by atoms with Crippen molar-refractivity contribution < 1.29 is 4.74 Å². The smallest absolute Gasteiger partial charge is 0.0709 e. The van der Waals surface area contributed by atoms with Crippen LogP contribution in [0.15, 0.2) is 30.6 Å². The van der Waals surface area contributed by atoms with E-state index >= 15 is 0 Å². The van der Waals surface area contributed by atoms with Crippen LogP contribution in [0.2, 0.25) is 0 Å². The minimum Gasteiger partial charge on any atom is -0.379 e. The van der Waals surface area contributed by atoms with Gasteiger partial charge in [0.25, 0.3) is 0 Å². The number of hydrogen-bond acceptors (Lipinski definition) is 3. The van der Waals surface area contributed by atoms with E-state index in [1.165, 1.54) is 5.56 Å². The van der Waals surface area contributed by atoms with Gasteiger partial charge in [-0.3, -0.25) is 0 Å². The van der Waals surface area contributed by atoms with Crippen molar-refractivity contribution in [2.24, 2.45) is 0 Å². The lowest BCUT2D eigenvalue weighted by molar-refractivity contribution is 0.0118. The highest BCUT2D eigenvalue weighted by Crippen LogP contribution is 2.26. The third-order valence-electron chi connectivity index (χ3n) is 3.77. The first-order valence-corrected chi connectivity index (χ1v) is 6.72. The minimum atomic E-state index is -0.0853. The van der Waals surface area contributed by atoms with Crippen LogP contribution in [0.25, 0.3) is 5.52 Å². The molecule has 0 amide bonds. The first kappa shape index (κ1) is 14.0. The Morgan fingerprint density at radius 3 is 2.89 bits per heavy atom. The van der Waals surface area contributed by atoms with E-state index in [0.29, 0.717) is 6.04 Å². The van der Waals surface area contributed by atoms with E-state index in [-0.39, 0.29) is 5.60 Å². The van der Waals surface area contributed by atoms with Gasteiger partial charge in [-0.25, -0.2) is 4.52 Å². The zero-order chi connectivity index (χ0) is 13.9. The highest BCUT2D eigenvalue weighted by Gasteiger charge is 2.21. The fraction of sp³-hybridized carbons (Fsp3) is 0.533. The van der Waals surface area contributed by atoms with Crippen LogP contribution < -0.4 is 5.32 Å². The highest BCUT2D eigenvalue weighted by molar-refractivity contribution is 5.54. The SMILES string of the molecule is CNC(CCC(C)(C)OC)c1cnn2ccccc12. The van der Waals surface area contributed by atoms with Crippen molar-refractivity contribution in [3.8, 4) is 0 Å². The summed E-state index contributed by atoms with van der Waals surface area (Å²) in [5.74, 6) is 0. The van der Waals surface area contributed by atoms with Crippen molar-refractivity contribution in [1.82, 2.24) is 14.9 Å². The lowest BCUT2D eigenvalue weighted by atomic mass is 9.95. The molecule has 0 saturated carbocycles. The van der Waals surface area contributed by atoms with E-state index in [0.717, 1.165) is 18.4 Å². The maximum Gasteiger partial charge on any atom is 0.0709 e. The normalized spacial score (nSPS) is 13.9. The number of nitrogens with one attached hydrogen (secondary N) is 1. The van der Waals surface area contributed by atoms with Crippen molar-refractivity contribution in [2.45, 2.75) is 38.3 Å². The number of fused-ring (bicyclic) bond motifs is 1.